The first-order chi connectivity index (χ1) is 8.05. The summed E-state index contributed by atoms with van der Waals surface area (Å²) in [6, 6.07) is 0.745. The van der Waals surface area contributed by atoms with E-state index in [4.69, 9.17) is 0 Å². The minimum Gasteiger partial charge on any atom is -0.318 e. The first-order valence-electron chi connectivity index (χ1n) is 6.43. The molecule has 1 saturated heterocycles. The minimum atomic E-state index is -3.11. The predicted molar refractivity (Wildman–Crippen MR) is 68.5 cm³/mol. The monoisotopic (exact) mass is 261 g/mol. The van der Waals surface area contributed by atoms with Crippen LogP contribution in [0.5, 0.6) is 0 Å². The Labute approximate surface area is 104 Å². The molecule has 1 unspecified atom stereocenters. The Morgan fingerprint density at radius 2 is 1.82 bits per heavy atom. The molecule has 6 heteroatoms. The van der Waals surface area contributed by atoms with E-state index in [-0.39, 0.29) is 5.25 Å². The molecule has 0 spiro atoms. The quantitative estimate of drug-likeness (QED) is 0.738. The van der Waals surface area contributed by atoms with Gasteiger partial charge < -0.3 is 5.32 Å². The molecule has 1 heterocycles. The van der Waals surface area contributed by atoms with Crippen LogP contribution in [0.2, 0.25) is 0 Å². The number of rotatable bonds is 5. The molecule has 1 aliphatic heterocycles. The summed E-state index contributed by atoms with van der Waals surface area (Å²) in [4.78, 5) is 2.43. The average Bonchev–Trinajstić information content (AvgIpc) is 3.13. The summed E-state index contributed by atoms with van der Waals surface area (Å²) in [6.07, 6.45) is 2.59. The van der Waals surface area contributed by atoms with E-state index in [1.54, 1.807) is 18.3 Å². The van der Waals surface area contributed by atoms with E-state index in [1.807, 2.05) is 0 Å². The minimum absolute atomic E-state index is 0.333. The normalized spacial score (nSPS) is 26.0. The SMILES string of the molecule is CNCC(C)S(=O)(=O)N1CCN(C2CC2)CC1. The first-order valence-corrected chi connectivity index (χ1v) is 7.93. The Morgan fingerprint density at radius 3 is 2.29 bits per heavy atom. The third kappa shape index (κ3) is 2.99. The number of piperazine rings is 1. The Kier molecular flexibility index (Phi) is 4.07. The molecule has 0 aromatic carbocycles. The van der Waals surface area contributed by atoms with Gasteiger partial charge in [0, 0.05) is 38.8 Å². The van der Waals surface area contributed by atoms with Gasteiger partial charge in [-0.25, -0.2) is 8.42 Å². The van der Waals surface area contributed by atoms with Gasteiger partial charge in [0.15, 0.2) is 0 Å². The van der Waals surface area contributed by atoms with Crippen LogP contribution in [0.25, 0.3) is 0 Å². The van der Waals surface area contributed by atoms with Crippen molar-refractivity contribution in [2.24, 2.45) is 0 Å². The summed E-state index contributed by atoms with van der Waals surface area (Å²) in [7, 11) is -1.32. The highest BCUT2D eigenvalue weighted by molar-refractivity contribution is 7.89. The average molecular weight is 261 g/mol. The highest BCUT2D eigenvalue weighted by Crippen LogP contribution is 2.28. The van der Waals surface area contributed by atoms with Crippen LogP contribution >= 0.6 is 0 Å². The van der Waals surface area contributed by atoms with Crippen LogP contribution in [0, 0.1) is 0 Å². The molecule has 5 nitrogen and oxygen atoms in total. The zero-order valence-electron chi connectivity index (χ0n) is 10.7. The largest absolute Gasteiger partial charge is 0.318 e. The first kappa shape index (κ1) is 13.3. The smallest absolute Gasteiger partial charge is 0.218 e. The molecule has 1 saturated carbocycles. The van der Waals surface area contributed by atoms with Crippen molar-refractivity contribution in [3.63, 3.8) is 0 Å². The third-order valence-corrected chi connectivity index (χ3v) is 5.96. The van der Waals surface area contributed by atoms with Gasteiger partial charge in [0.2, 0.25) is 10.0 Å². The lowest BCUT2D eigenvalue weighted by atomic mass is 10.3. The van der Waals surface area contributed by atoms with Crippen LogP contribution < -0.4 is 5.32 Å². The molecule has 2 aliphatic rings. The molecular weight excluding hydrogens is 238 g/mol. The summed E-state index contributed by atoms with van der Waals surface area (Å²) in [5.74, 6) is 0. The summed E-state index contributed by atoms with van der Waals surface area (Å²) < 4.78 is 26.1. The molecule has 0 radical (unpaired) electrons. The maximum atomic E-state index is 12.2. The second-order valence-corrected chi connectivity index (χ2v) is 7.43. The van der Waals surface area contributed by atoms with Crippen LogP contribution in [0.3, 0.4) is 0 Å². The fraction of sp³-hybridized carbons (Fsp3) is 1.00. The van der Waals surface area contributed by atoms with Gasteiger partial charge in [0.25, 0.3) is 0 Å². The Bertz CT molecular complexity index is 346. The molecule has 1 aliphatic carbocycles. The van der Waals surface area contributed by atoms with Crippen molar-refractivity contribution in [2.45, 2.75) is 31.1 Å². The maximum Gasteiger partial charge on any atom is 0.218 e. The third-order valence-electron chi connectivity index (χ3n) is 3.70. The number of sulfonamides is 1. The highest BCUT2D eigenvalue weighted by atomic mass is 32.2. The van der Waals surface area contributed by atoms with Crippen LogP contribution in [-0.2, 0) is 10.0 Å². The molecule has 0 bridgehead atoms. The van der Waals surface area contributed by atoms with E-state index in [1.165, 1.54) is 12.8 Å². The van der Waals surface area contributed by atoms with Crippen molar-refractivity contribution < 1.29 is 8.42 Å². The second kappa shape index (κ2) is 5.22. The summed E-state index contributed by atoms with van der Waals surface area (Å²) in [5, 5.41) is 2.60. The molecule has 2 fully saturated rings. The summed E-state index contributed by atoms with van der Waals surface area (Å²) in [6.45, 7) is 5.41. The number of hydrogen-bond acceptors (Lipinski definition) is 4. The van der Waals surface area contributed by atoms with Crippen molar-refractivity contribution in [3.05, 3.63) is 0 Å². The zero-order valence-corrected chi connectivity index (χ0v) is 11.5. The van der Waals surface area contributed by atoms with Gasteiger partial charge in [-0.15, -0.1) is 0 Å². The van der Waals surface area contributed by atoms with Crippen molar-refractivity contribution in [1.82, 2.24) is 14.5 Å². The van der Waals surface area contributed by atoms with E-state index in [2.05, 4.69) is 10.2 Å². The van der Waals surface area contributed by atoms with Crippen LogP contribution in [0.4, 0.5) is 0 Å². The van der Waals surface area contributed by atoms with Gasteiger partial charge in [-0.05, 0) is 26.8 Å². The topological polar surface area (TPSA) is 52.7 Å². The van der Waals surface area contributed by atoms with Crippen LogP contribution in [0.15, 0.2) is 0 Å². The predicted octanol–water partition coefficient (Wildman–Crippen LogP) is -0.296. The van der Waals surface area contributed by atoms with Crippen LogP contribution in [-0.4, -0.2) is 68.7 Å². The highest BCUT2D eigenvalue weighted by Gasteiger charge is 2.35. The van der Waals surface area contributed by atoms with Gasteiger partial charge in [0.1, 0.15) is 0 Å². The molecular formula is C11H23N3O2S. The van der Waals surface area contributed by atoms with E-state index in [9.17, 15) is 8.42 Å². The fourth-order valence-corrected chi connectivity index (χ4v) is 3.97. The van der Waals surface area contributed by atoms with Crippen molar-refractivity contribution in [1.29, 1.82) is 0 Å². The molecule has 100 valence electrons. The molecule has 0 aromatic rings. The molecule has 17 heavy (non-hydrogen) atoms. The number of nitrogens with one attached hydrogen (secondary N) is 1. The van der Waals surface area contributed by atoms with Gasteiger partial charge in [-0.1, -0.05) is 0 Å². The van der Waals surface area contributed by atoms with Crippen molar-refractivity contribution >= 4 is 10.0 Å². The molecule has 1 N–H and O–H groups in total. The molecule has 2 rings (SSSR count). The molecule has 1 atom stereocenters. The van der Waals surface area contributed by atoms with Gasteiger partial charge in [-0.3, -0.25) is 4.90 Å². The Morgan fingerprint density at radius 1 is 1.24 bits per heavy atom. The van der Waals surface area contributed by atoms with Gasteiger partial charge in [-0.2, -0.15) is 4.31 Å². The second-order valence-electron chi connectivity index (χ2n) is 5.08. The summed E-state index contributed by atoms with van der Waals surface area (Å²) >= 11 is 0. The van der Waals surface area contributed by atoms with Crippen molar-refractivity contribution in [3.8, 4) is 0 Å². The number of nitrogens with zero attached hydrogens (tertiary/aromatic N) is 2. The lowest BCUT2D eigenvalue weighted by Gasteiger charge is -2.35. The van der Waals surface area contributed by atoms with E-state index < -0.39 is 10.0 Å². The van der Waals surface area contributed by atoms with E-state index in [0.29, 0.717) is 19.6 Å². The lowest BCUT2D eigenvalue weighted by Crippen LogP contribution is -2.52. The fourth-order valence-electron chi connectivity index (χ4n) is 2.41. The molecule has 0 aromatic heterocycles. The van der Waals surface area contributed by atoms with Crippen LogP contribution in [0.1, 0.15) is 19.8 Å². The number of hydrogen-bond donors (Lipinski definition) is 1. The standard InChI is InChI=1S/C11H23N3O2S/c1-10(9-12-2)17(15,16)14-7-5-13(6-8-14)11-3-4-11/h10-12H,3-9H2,1-2H3. The van der Waals surface area contributed by atoms with Crippen molar-refractivity contribution in [2.75, 3.05) is 39.8 Å². The lowest BCUT2D eigenvalue weighted by molar-refractivity contribution is 0.180. The Balaban J connectivity index is 1.90. The summed E-state index contributed by atoms with van der Waals surface area (Å²) in [5.41, 5.74) is 0. The van der Waals surface area contributed by atoms with E-state index >= 15 is 0 Å². The van der Waals surface area contributed by atoms with E-state index in [0.717, 1.165) is 19.1 Å². The van der Waals surface area contributed by atoms with Gasteiger partial charge in [0.05, 0.1) is 5.25 Å². The van der Waals surface area contributed by atoms with Gasteiger partial charge >= 0.3 is 0 Å². The maximum absolute atomic E-state index is 12.2. The zero-order chi connectivity index (χ0) is 12.5. The molecule has 0 amide bonds. The Hall–Kier alpha value is -0.170.